The first kappa shape index (κ1) is 8.23. The molecule has 0 saturated heterocycles. The minimum absolute atomic E-state index is 0.0671. The van der Waals surface area contributed by atoms with Crippen molar-refractivity contribution in [3.63, 3.8) is 0 Å². The van der Waals surface area contributed by atoms with Gasteiger partial charge in [-0.25, -0.2) is 0 Å². The topological polar surface area (TPSA) is 33.2 Å². The van der Waals surface area contributed by atoms with Gasteiger partial charge in [0.1, 0.15) is 5.69 Å². The molecule has 0 atom stereocenters. The Kier molecular flexibility index (Phi) is 1.79. The summed E-state index contributed by atoms with van der Waals surface area (Å²) in [4.78, 5) is 17.6. The van der Waals surface area contributed by atoms with E-state index in [0.717, 1.165) is 24.2 Å². The van der Waals surface area contributed by atoms with Gasteiger partial charge in [0.15, 0.2) is 0 Å². The van der Waals surface area contributed by atoms with E-state index in [4.69, 9.17) is 0 Å². The van der Waals surface area contributed by atoms with Gasteiger partial charge in [-0.2, -0.15) is 0 Å². The zero-order valence-corrected chi connectivity index (χ0v) is 7.87. The number of carbonyl (C=O) groups excluding carboxylic acids is 1. The molecule has 0 bridgehead atoms. The number of pyridine rings is 1. The number of carbonyl (C=O) groups is 1. The van der Waals surface area contributed by atoms with Crippen molar-refractivity contribution in [2.45, 2.75) is 20.4 Å². The normalized spacial score (nSPS) is 14.9. The fourth-order valence-corrected chi connectivity index (χ4v) is 1.63. The van der Waals surface area contributed by atoms with Crippen LogP contribution in [-0.2, 0) is 6.54 Å². The number of hydrogen-bond donors (Lipinski definition) is 0. The SMILES string of the molecule is CCN1Cc2cc(C)cnc2C1=O. The lowest BCUT2D eigenvalue weighted by Crippen LogP contribution is -2.23. The maximum absolute atomic E-state index is 11.6. The van der Waals surface area contributed by atoms with Crippen LogP contribution < -0.4 is 0 Å². The largest absolute Gasteiger partial charge is 0.333 e. The molecule has 13 heavy (non-hydrogen) atoms. The first-order valence-electron chi connectivity index (χ1n) is 4.47. The van der Waals surface area contributed by atoms with Crippen LogP contribution in [0, 0.1) is 6.92 Å². The molecule has 2 rings (SSSR count). The molecule has 1 amide bonds. The Morgan fingerprint density at radius 2 is 2.38 bits per heavy atom. The second kappa shape index (κ2) is 2.83. The van der Waals surface area contributed by atoms with Crippen LogP contribution in [0.25, 0.3) is 0 Å². The predicted octanol–water partition coefficient (Wildman–Crippen LogP) is 1.37. The summed E-state index contributed by atoms with van der Waals surface area (Å²) in [5, 5.41) is 0. The van der Waals surface area contributed by atoms with Crippen molar-refractivity contribution >= 4 is 5.91 Å². The number of rotatable bonds is 1. The second-order valence-corrected chi connectivity index (χ2v) is 3.34. The minimum atomic E-state index is 0.0671. The fraction of sp³-hybridized carbons (Fsp3) is 0.400. The van der Waals surface area contributed by atoms with Gasteiger partial charge in [-0.1, -0.05) is 6.07 Å². The van der Waals surface area contributed by atoms with Crippen LogP contribution in [0.3, 0.4) is 0 Å². The van der Waals surface area contributed by atoms with Crippen LogP contribution in [0.1, 0.15) is 28.5 Å². The summed E-state index contributed by atoms with van der Waals surface area (Å²) >= 11 is 0. The Labute approximate surface area is 77.4 Å². The summed E-state index contributed by atoms with van der Waals surface area (Å²) in [6, 6.07) is 2.04. The van der Waals surface area contributed by atoms with E-state index in [2.05, 4.69) is 4.98 Å². The first-order valence-corrected chi connectivity index (χ1v) is 4.47. The third kappa shape index (κ3) is 1.20. The lowest BCUT2D eigenvalue weighted by molar-refractivity contribution is 0.0783. The predicted molar refractivity (Wildman–Crippen MR) is 49.4 cm³/mol. The van der Waals surface area contributed by atoms with E-state index in [1.807, 2.05) is 19.9 Å². The maximum Gasteiger partial charge on any atom is 0.273 e. The van der Waals surface area contributed by atoms with Gasteiger partial charge >= 0.3 is 0 Å². The first-order chi connectivity index (χ1) is 6.22. The molecule has 1 aliphatic rings. The van der Waals surface area contributed by atoms with E-state index < -0.39 is 0 Å². The molecule has 1 aliphatic heterocycles. The summed E-state index contributed by atoms with van der Waals surface area (Å²) < 4.78 is 0. The number of aryl methyl sites for hydroxylation is 1. The highest BCUT2D eigenvalue weighted by molar-refractivity contribution is 5.96. The summed E-state index contributed by atoms with van der Waals surface area (Å²) in [6.07, 6.45) is 1.75. The molecule has 0 aromatic carbocycles. The average molecular weight is 176 g/mol. The van der Waals surface area contributed by atoms with Crippen molar-refractivity contribution < 1.29 is 4.79 Å². The molecule has 0 saturated carbocycles. The number of fused-ring (bicyclic) bond motifs is 1. The molecule has 1 aromatic rings. The van der Waals surface area contributed by atoms with Crippen molar-refractivity contribution in [1.29, 1.82) is 0 Å². The molecule has 3 heteroatoms. The van der Waals surface area contributed by atoms with E-state index in [1.54, 1.807) is 11.1 Å². The smallest absolute Gasteiger partial charge is 0.273 e. The average Bonchev–Trinajstić information content (AvgIpc) is 2.42. The Morgan fingerprint density at radius 1 is 1.62 bits per heavy atom. The molecule has 2 heterocycles. The number of hydrogen-bond acceptors (Lipinski definition) is 2. The van der Waals surface area contributed by atoms with E-state index in [0.29, 0.717) is 5.69 Å². The Bertz CT molecular complexity index is 360. The zero-order chi connectivity index (χ0) is 9.42. The molecular weight excluding hydrogens is 164 g/mol. The molecular formula is C10H12N2O. The molecule has 1 aromatic heterocycles. The van der Waals surface area contributed by atoms with Gasteiger partial charge in [0.25, 0.3) is 5.91 Å². The van der Waals surface area contributed by atoms with Crippen LogP contribution in [0.4, 0.5) is 0 Å². The summed E-state index contributed by atoms with van der Waals surface area (Å²) in [5.41, 5.74) is 2.81. The molecule has 0 spiro atoms. The van der Waals surface area contributed by atoms with Crippen molar-refractivity contribution in [3.05, 3.63) is 29.1 Å². The monoisotopic (exact) mass is 176 g/mol. The highest BCUT2D eigenvalue weighted by Crippen LogP contribution is 2.20. The lowest BCUT2D eigenvalue weighted by atomic mass is 10.2. The molecule has 0 aliphatic carbocycles. The minimum Gasteiger partial charge on any atom is -0.333 e. The van der Waals surface area contributed by atoms with E-state index in [-0.39, 0.29) is 5.91 Å². The number of aromatic nitrogens is 1. The van der Waals surface area contributed by atoms with Gasteiger partial charge < -0.3 is 4.90 Å². The third-order valence-electron chi connectivity index (χ3n) is 2.34. The summed E-state index contributed by atoms with van der Waals surface area (Å²) in [5.74, 6) is 0.0671. The maximum atomic E-state index is 11.6. The van der Waals surface area contributed by atoms with Gasteiger partial charge in [-0.3, -0.25) is 9.78 Å². The highest BCUT2D eigenvalue weighted by Gasteiger charge is 2.27. The summed E-state index contributed by atoms with van der Waals surface area (Å²) in [6.45, 7) is 5.45. The van der Waals surface area contributed by atoms with E-state index in [9.17, 15) is 4.79 Å². The van der Waals surface area contributed by atoms with Gasteiger partial charge in [-0.15, -0.1) is 0 Å². The Morgan fingerprint density at radius 3 is 3.08 bits per heavy atom. The van der Waals surface area contributed by atoms with Crippen LogP contribution in [0.5, 0.6) is 0 Å². The molecule has 3 nitrogen and oxygen atoms in total. The third-order valence-corrected chi connectivity index (χ3v) is 2.34. The molecule has 0 N–H and O–H groups in total. The fourth-order valence-electron chi connectivity index (χ4n) is 1.63. The van der Waals surface area contributed by atoms with Crippen molar-refractivity contribution in [2.24, 2.45) is 0 Å². The number of nitrogens with zero attached hydrogens (tertiary/aromatic N) is 2. The van der Waals surface area contributed by atoms with Gasteiger partial charge in [0.2, 0.25) is 0 Å². The number of amides is 1. The molecule has 0 fully saturated rings. The van der Waals surface area contributed by atoms with E-state index >= 15 is 0 Å². The van der Waals surface area contributed by atoms with Gasteiger partial charge in [0.05, 0.1) is 0 Å². The molecule has 68 valence electrons. The standard InChI is InChI=1S/C10H12N2O/c1-3-12-6-8-4-7(2)5-11-9(8)10(12)13/h4-5H,3,6H2,1-2H3. The molecule has 0 unspecified atom stereocenters. The van der Waals surface area contributed by atoms with Gasteiger partial charge in [-0.05, 0) is 19.4 Å². The Hall–Kier alpha value is -1.38. The van der Waals surface area contributed by atoms with E-state index in [1.165, 1.54) is 0 Å². The molecule has 0 radical (unpaired) electrons. The van der Waals surface area contributed by atoms with Crippen molar-refractivity contribution in [3.8, 4) is 0 Å². The second-order valence-electron chi connectivity index (χ2n) is 3.34. The summed E-state index contributed by atoms with van der Waals surface area (Å²) in [7, 11) is 0. The van der Waals surface area contributed by atoms with Crippen molar-refractivity contribution in [2.75, 3.05) is 6.54 Å². The zero-order valence-electron chi connectivity index (χ0n) is 7.87. The quantitative estimate of drug-likeness (QED) is 0.647. The van der Waals surface area contributed by atoms with Crippen LogP contribution in [0.2, 0.25) is 0 Å². The Balaban J connectivity index is 2.44. The van der Waals surface area contributed by atoms with Gasteiger partial charge in [0, 0.05) is 24.8 Å². The van der Waals surface area contributed by atoms with Crippen LogP contribution in [0.15, 0.2) is 12.3 Å². The van der Waals surface area contributed by atoms with Crippen LogP contribution >= 0.6 is 0 Å². The van der Waals surface area contributed by atoms with Crippen LogP contribution in [-0.4, -0.2) is 22.3 Å². The highest BCUT2D eigenvalue weighted by atomic mass is 16.2. The lowest BCUT2D eigenvalue weighted by Gasteiger charge is -2.10. The van der Waals surface area contributed by atoms with Crippen molar-refractivity contribution in [1.82, 2.24) is 9.88 Å².